The van der Waals surface area contributed by atoms with Gasteiger partial charge in [0.2, 0.25) is 11.7 Å². The highest BCUT2D eigenvalue weighted by Gasteiger charge is 2.36. The zero-order chi connectivity index (χ0) is 13.1. The van der Waals surface area contributed by atoms with E-state index in [1.165, 1.54) is 12.8 Å². The molecule has 6 nitrogen and oxygen atoms in total. The predicted octanol–water partition coefficient (Wildman–Crippen LogP) is 0.962. The number of aromatic nitrogens is 2. The first-order valence-corrected chi connectivity index (χ1v) is 7.24. The van der Waals surface area contributed by atoms with Crippen LogP contribution in [0.3, 0.4) is 0 Å². The number of nitrogens with one attached hydrogen (secondary N) is 1. The van der Waals surface area contributed by atoms with Crippen LogP contribution in [0, 0.1) is 5.92 Å². The lowest BCUT2D eigenvalue weighted by molar-refractivity contribution is 0.0384. The summed E-state index contributed by atoms with van der Waals surface area (Å²) < 4.78 is 11.1. The number of piperazine rings is 1. The molecule has 2 fully saturated rings. The van der Waals surface area contributed by atoms with Crippen molar-refractivity contribution in [3.63, 3.8) is 0 Å². The molecule has 2 aliphatic rings. The second-order valence-electron chi connectivity index (χ2n) is 5.29. The Morgan fingerprint density at radius 1 is 1.42 bits per heavy atom. The molecule has 0 bridgehead atoms. The zero-order valence-electron chi connectivity index (χ0n) is 11.5. The molecule has 19 heavy (non-hydrogen) atoms. The lowest BCUT2D eigenvalue weighted by Gasteiger charge is -2.25. The van der Waals surface area contributed by atoms with Crippen molar-refractivity contribution in [2.75, 3.05) is 32.8 Å². The van der Waals surface area contributed by atoms with E-state index in [4.69, 9.17) is 9.26 Å². The largest absolute Gasteiger partial charge is 0.370 e. The van der Waals surface area contributed by atoms with E-state index in [-0.39, 0.29) is 6.10 Å². The Bertz CT molecular complexity index is 399. The van der Waals surface area contributed by atoms with Crippen LogP contribution in [0.2, 0.25) is 0 Å². The summed E-state index contributed by atoms with van der Waals surface area (Å²) in [4.78, 5) is 6.85. The molecule has 0 spiro atoms. The molecule has 1 aliphatic heterocycles. The zero-order valence-corrected chi connectivity index (χ0v) is 11.5. The van der Waals surface area contributed by atoms with Gasteiger partial charge in [-0.25, -0.2) is 0 Å². The summed E-state index contributed by atoms with van der Waals surface area (Å²) in [6, 6.07) is 0. The van der Waals surface area contributed by atoms with Crippen LogP contribution in [-0.2, 0) is 11.3 Å². The highest BCUT2D eigenvalue weighted by Crippen LogP contribution is 2.42. The van der Waals surface area contributed by atoms with Crippen molar-refractivity contribution in [1.82, 2.24) is 20.4 Å². The van der Waals surface area contributed by atoms with Crippen LogP contribution in [-0.4, -0.2) is 47.8 Å². The highest BCUT2D eigenvalue weighted by atomic mass is 16.5. The molecule has 0 amide bonds. The van der Waals surface area contributed by atoms with E-state index < -0.39 is 0 Å². The molecule has 1 N–H and O–H groups in total. The lowest BCUT2D eigenvalue weighted by Crippen LogP contribution is -2.42. The van der Waals surface area contributed by atoms with Crippen molar-refractivity contribution in [2.45, 2.75) is 32.4 Å². The van der Waals surface area contributed by atoms with Gasteiger partial charge in [-0.15, -0.1) is 0 Å². The second kappa shape index (κ2) is 5.98. The molecule has 3 rings (SSSR count). The van der Waals surface area contributed by atoms with Gasteiger partial charge >= 0.3 is 0 Å². The Labute approximate surface area is 113 Å². The van der Waals surface area contributed by atoms with Crippen LogP contribution in [0.25, 0.3) is 0 Å². The first kappa shape index (κ1) is 13.0. The average molecular weight is 266 g/mol. The smallest absolute Gasteiger partial charge is 0.240 e. The highest BCUT2D eigenvalue weighted by molar-refractivity contribution is 4.98. The summed E-state index contributed by atoms with van der Waals surface area (Å²) in [6.45, 7) is 7.60. The monoisotopic (exact) mass is 266 g/mol. The molecule has 1 saturated heterocycles. The molecular formula is C13H22N4O2. The lowest BCUT2D eigenvalue weighted by atomic mass is 10.2. The van der Waals surface area contributed by atoms with Crippen molar-refractivity contribution in [2.24, 2.45) is 5.92 Å². The van der Waals surface area contributed by atoms with Crippen molar-refractivity contribution < 1.29 is 9.26 Å². The Kier molecular flexibility index (Phi) is 4.10. The van der Waals surface area contributed by atoms with Gasteiger partial charge in [0.1, 0.15) is 6.10 Å². The summed E-state index contributed by atoms with van der Waals surface area (Å²) in [5.74, 6) is 2.03. The standard InChI is InChI=1S/C13H22N4O2/c1-2-18-12(10-3-4-10)13-15-11(19-16-13)9-17-7-5-14-6-8-17/h10,12,14H,2-9H2,1H3. The maximum Gasteiger partial charge on any atom is 0.240 e. The summed E-state index contributed by atoms with van der Waals surface area (Å²) >= 11 is 0. The van der Waals surface area contributed by atoms with Gasteiger partial charge < -0.3 is 14.6 Å². The topological polar surface area (TPSA) is 63.4 Å². The SMILES string of the molecule is CCOC(c1noc(CN2CCNCC2)n1)C1CC1. The fourth-order valence-electron chi connectivity index (χ4n) is 2.51. The number of nitrogens with zero attached hydrogens (tertiary/aromatic N) is 3. The van der Waals surface area contributed by atoms with Crippen molar-refractivity contribution in [3.8, 4) is 0 Å². The third-order valence-corrected chi connectivity index (χ3v) is 3.70. The quantitative estimate of drug-likeness (QED) is 0.827. The van der Waals surface area contributed by atoms with Gasteiger partial charge in [0.25, 0.3) is 0 Å². The third-order valence-electron chi connectivity index (χ3n) is 3.70. The predicted molar refractivity (Wildman–Crippen MR) is 69.5 cm³/mol. The van der Waals surface area contributed by atoms with Crippen molar-refractivity contribution in [3.05, 3.63) is 11.7 Å². The van der Waals surface area contributed by atoms with Crippen LogP contribution in [0.4, 0.5) is 0 Å². The summed E-state index contributed by atoms with van der Waals surface area (Å²) in [5.41, 5.74) is 0. The Hall–Kier alpha value is -0.980. The van der Waals surface area contributed by atoms with E-state index in [0.29, 0.717) is 18.4 Å². The maximum atomic E-state index is 5.75. The van der Waals surface area contributed by atoms with Crippen molar-refractivity contribution in [1.29, 1.82) is 0 Å². The molecule has 1 aliphatic carbocycles. The van der Waals surface area contributed by atoms with E-state index in [9.17, 15) is 0 Å². The van der Waals surface area contributed by atoms with Gasteiger partial charge in [0.05, 0.1) is 6.54 Å². The average Bonchev–Trinajstić information content (AvgIpc) is 3.17. The Morgan fingerprint density at radius 2 is 2.21 bits per heavy atom. The van der Waals surface area contributed by atoms with Gasteiger partial charge in [-0.3, -0.25) is 4.90 Å². The Balaban J connectivity index is 1.61. The molecule has 1 atom stereocenters. The molecule has 6 heteroatoms. The van der Waals surface area contributed by atoms with Crippen LogP contribution >= 0.6 is 0 Å². The fourth-order valence-corrected chi connectivity index (χ4v) is 2.51. The summed E-state index contributed by atoms with van der Waals surface area (Å²) in [7, 11) is 0. The van der Waals surface area contributed by atoms with Gasteiger partial charge in [0, 0.05) is 32.8 Å². The first-order chi connectivity index (χ1) is 9.36. The molecular weight excluding hydrogens is 244 g/mol. The van der Waals surface area contributed by atoms with Crippen molar-refractivity contribution >= 4 is 0 Å². The number of ether oxygens (including phenoxy) is 1. The third kappa shape index (κ3) is 3.32. The van der Waals surface area contributed by atoms with E-state index >= 15 is 0 Å². The fraction of sp³-hybridized carbons (Fsp3) is 0.846. The van der Waals surface area contributed by atoms with E-state index in [1.54, 1.807) is 0 Å². The van der Waals surface area contributed by atoms with Gasteiger partial charge in [-0.05, 0) is 25.7 Å². The molecule has 1 unspecified atom stereocenters. The molecule has 106 valence electrons. The molecule has 0 aromatic carbocycles. The maximum absolute atomic E-state index is 5.75. The van der Waals surface area contributed by atoms with E-state index in [1.807, 2.05) is 6.92 Å². The number of rotatable bonds is 6. The second-order valence-corrected chi connectivity index (χ2v) is 5.29. The first-order valence-electron chi connectivity index (χ1n) is 7.24. The van der Waals surface area contributed by atoms with E-state index in [0.717, 1.165) is 38.5 Å². The summed E-state index contributed by atoms with van der Waals surface area (Å²) in [6.07, 6.45) is 2.46. The molecule has 1 aromatic heterocycles. The minimum absolute atomic E-state index is 0.0329. The molecule has 1 saturated carbocycles. The Morgan fingerprint density at radius 3 is 2.89 bits per heavy atom. The van der Waals surface area contributed by atoms with Crippen LogP contribution in [0.15, 0.2) is 4.52 Å². The summed E-state index contributed by atoms with van der Waals surface area (Å²) in [5, 5.41) is 7.44. The number of hydrogen-bond acceptors (Lipinski definition) is 6. The molecule has 2 heterocycles. The van der Waals surface area contributed by atoms with Crippen LogP contribution in [0.5, 0.6) is 0 Å². The van der Waals surface area contributed by atoms with Gasteiger partial charge in [0.15, 0.2) is 0 Å². The normalized spacial score (nSPS) is 22.6. The van der Waals surface area contributed by atoms with Gasteiger partial charge in [-0.1, -0.05) is 5.16 Å². The number of hydrogen-bond donors (Lipinski definition) is 1. The van der Waals surface area contributed by atoms with Crippen LogP contribution in [0.1, 0.15) is 37.6 Å². The van der Waals surface area contributed by atoms with Gasteiger partial charge in [-0.2, -0.15) is 4.98 Å². The molecule has 0 radical (unpaired) electrons. The molecule has 1 aromatic rings. The minimum atomic E-state index is 0.0329. The van der Waals surface area contributed by atoms with E-state index in [2.05, 4.69) is 20.4 Å². The van der Waals surface area contributed by atoms with Crippen LogP contribution < -0.4 is 5.32 Å². The minimum Gasteiger partial charge on any atom is -0.370 e.